The number of imidazole rings is 1. The summed E-state index contributed by atoms with van der Waals surface area (Å²) in [5.74, 6) is -0.263. The lowest BCUT2D eigenvalue weighted by molar-refractivity contribution is 0.0950. The third-order valence-electron chi connectivity index (χ3n) is 4.88. The van der Waals surface area contributed by atoms with Crippen molar-refractivity contribution < 1.29 is 13.2 Å². The minimum absolute atomic E-state index is 0.238. The largest absolute Gasteiger partial charge is 0.346 e. The van der Waals surface area contributed by atoms with E-state index in [4.69, 9.17) is 0 Å². The second-order valence-electron chi connectivity index (χ2n) is 7.33. The number of anilines is 1. The Hall–Kier alpha value is -3.65. The van der Waals surface area contributed by atoms with Gasteiger partial charge in [-0.1, -0.05) is 18.2 Å². The van der Waals surface area contributed by atoms with Crippen molar-refractivity contribution in [3.8, 4) is 0 Å². The molecule has 1 amide bonds. The molecule has 0 bridgehead atoms. The van der Waals surface area contributed by atoms with Crippen LogP contribution in [0, 0.1) is 13.8 Å². The van der Waals surface area contributed by atoms with E-state index >= 15 is 0 Å². The van der Waals surface area contributed by atoms with E-state index in [0.717, 1.165) is 16.9 Å². The van der Waals surface area contributed by atoms with Crippen LogP contribution in [-0.2, 0) is 16.6 Å². The fourth-order valence-electron chi connectivity index (χ4n) is 3.24. The third-order valence-corrected chi connectivity index (χ3v) is 6.40. The summed E-state index contributed by atoms with van der Waals surface area (Å²) in [6.07, 6.45) is 3.76. The van der Waals surface area contributed by atoms with Gasteiger partial charge in [-0.05, 0) is 67.4 Å². The Balaban J connectivity index is 1.42. The summed E-state index contributed by atoms with van der Waals surface area (Å²) in [7, 11) is -3.72. The van der Waals surface area contributed by atoms with Gasteiger partial charge < -0.3 is 9.72 Å². The Morgan fingerprint density at radius 3 is 2.55 bits per heavy atom. The molecule has 4 rings (SSSR count). The summed E-state index contributed by atoms with van der Waals surface area (Å²) in [5, 5.41) is 2.83. The number of benzene rings is 2. The van der Waals surface area contributed by atoms with Crippen molar-refractivity contribution in [1.29, 1.82) is 0 Å². The molecule has 2 aromatic carbocycles. The lowest BCUT2D eigenvalue weighted by Crippen LogP contribution is -2.23. The van der Waals surface area contributed by atoms with E-state index in [-0.39, 0.29) is 10.8 Å². The lowest BCUT2D eigenvalue weighted by atomic mass is 10.2. The van der Waals surface area contributed by atoms with Gasteiger partial charge >= 0.3 is 0 Å². The van der Waals surface area contributed by atoms with Crippen LogP contribution in [0.25, 0.3) is 5.65 Å². The van der Waals surface area contributed by atoms with E-state index in [2.05, 4.69) is 15.0 Å². The molecule has 8 heteroatoms. The van der Waals surface area contributed by atoms with Crippen LogP contribution in [-0.4, -0.2) is 23.7 Å². The minimum Gasteiger partial charge on any atom is -0.346 e. The maximum atomic E-state index is 12.7. The number of rotatable bonds is 6. The van der Waals surface area contributed by atoms with Crippen molar-refractivity contribution in [3.05, 3.63) is 95.4 Å². The molecular weight excluding hydrogens is 412 g/mol. The van der Waals surface area contributed by atoms with Gasteiger partial charge in [-0.25, -0.2) is 13.4 Å². The fraction of sp³-hybridized carbons (Fsp3) is 0.130. The number of carbonyl (C=O) groups is 1. The number of sulfonamides is 1. The number of hydrogen-bond acceptors (Lipinski definition) is 4. The molecule has 0 aliphatic carbocycles. The van der Waals surface area contributed by atoms with Gasteiger partial charge in [0, 0.05) is 23.6 Å². The second-order valence-corrected chi connectivity index (χ2v) is 8.98. The summed E-state index contributed by atoms with van der Waals surface area (Å²) in [6, 6.07) is 17.3. The van der Waals surface area contributed by atoms with Gasteiger partial charge in [-0.3, -0.25) is 9.52 Å². The molecule has 4 aromatic rings. The maximum absolute atomic E-state index is 12.7. The normalized spacial score (nSPS) is 11.4. The quantitative estimate of drug-likeness (QED) is 0.484. The third kappa shape index (κ3) is 4.59. The molecule has 31 heavy (non-hydrogen) atoms. The van der Waals surface area contributed by atoms with Crippen LogP contribution in [0.4, 0.5) is 5.69 Å². The first kappa shape index (κ1) is 20.6. The lowest BCUT2D eigenvalue weighted by Gasteiger charge is -2.11. The van der Waals surface area contributed by atoms with Gasteiger partial charge in [-0.15, -0.1) is 0 Å². The number of amides is 1. The SMILES string of the molecule is Cc1ccc(C)c(S(=O)(=O)Nc2ccc(C(=O)NCc3cn4ccccc4n3)cc2)c1. The van der Waals surface area contributed by atoms with Crippen molar-refractivity contribution in [1.82, 2.24) is 14.7 Å². The fourth-order valence-corrected chi connectivity index (χ4v) is 4.63. The number of aromatic nitrogens is 2. The predicted molar refractivity (Wildman–Crippen MR) is 120 cm³/mol. The van der Waals surface area contributed by atoms with E-state index < -0.39 is 10.0 Å². The number of nitrogens with zero attached hydrogens (tertiary/aromatic N) is 2. The highest BCUT2D eigenvalue weighted by Crippen LogP contribution is 2.21. The highest BCUT2D eigenvalue weighted by Gasteiger charge is 2.17. The second kappa shape index (κ2) is 8.23. The molecular formula is C23H22N4O3S. The van der Waals surface area contributed by atoms with E-state index in [1.54, 1.807) is 43.3 Å². The van der Waals surface area contributed by atoms with Crippen LogP contribution in [0.2, 0.25) is 0 Å². The highest BCUT2D eigenvalue weighted by molar-refractivity contribution is 7.92. The first-order chi connectivity index (χ1) is 14.8. The monoisotopic (exact) mass is 434 g/mol. The molecule has 2 aromatic heterocycles. The Labute approximate surface area is 180 Å². The Morgan fingerprint density at radius 1 is 1.03 bits per heavy atom. The van der Waals surface area contributed by atoms with E-state index in [9.17, 15) is 13.2 Å². The summed E-state index contributed by atoms with van der Waals surface area (Å²) < 4.78 is 29.9. The Bertz CT molecular complexity index is 1330. The maximum Gasteiger partial charge on any atom is 0.262 e. The van der Waals surface area contributed by atoms with Crippen molar-refractivity contribution in [3.63, 3.8) is 0 Å². The standard InChI is InChI=1S/C23H22N4O3S/c1-16-6-7-17(2)21(13-16)31(29,30)26-19-10-8-18(9-11-19)23(28)24-14-20-15-27-12-4-3-5-22(27)25-20/h3-13,15,26H,14H2,1-2H3,(H,24,28). The van der Waals surface area contributed by atoms with E-state index in [0.29, 0.717) is 23.4 Å². The molecule has 0 atom stereocenters. The Morgan fingerprint density at radius 2 is 1.81 bits per heavy atom. The summed E-state index contributed by atoms with van der Waals surface area (Å²) in [4.78, 5) is 17.1. The molecule has 158 valence electrons. The molecule has 0 aliphatic rings. The van der Waals surface area contributed by atoms with Gasteiger partial charge in [-0.2, -0.15) is 0 Å². The molecule has 0 spiro atoms. The zero-order chi connectivity index (χ0) is 22.0. The van der Waals surface area contributed by atoms with Crippen molar-refractivity contribution in [2.45, 2.75) is 25.3 Å². The van der Waals surface area contributed by atoms with Crippen LogP contribution >= 0.6 is 0 Å². The van der Waals surface area contributed by atoms with Gasteiger partial charge in [0.25, 0.3) is 15.9 Å². The first-order valence-electron chi connectivity index (χ1n) is 9.73. The van der Waals surface area contributed by atoms with Gasteiger partial charge in [0.05, 0.1) is 17.1 Å². The van der Waals surface area contributed by atoms with Crippen LogP contribution in [0.1, 0.15) is 27.2 Å². The van der Waals surface area contributed by atoms with Crippen molar-refractivity contribution >= 4 is 27.3 Å². The van der Waals surface area contributed by atoms with Crippen LogP contribution in [0.3, 0.4) is 0 Å². The van der Waals surface area contributed by atoms with Gasteiger partial charge in [0.1, 0.15) is 5.65 Å². The van der Waals surface area contributed by atoms with E-state index in [1.807, 2.05) is 48.0 Å². The molecule has 0 radical (unpaired) electrons. The zero-order valence-corrected chi connectivity index (χ0v) is 18.0. The van der Waals surface area contributed by atoms with Crippen molar-refractivity contribution in [2.75, 3.05) is 4.72 Å². The highest BCUT2D eigenvalue weighted by atomic mass is 32.2. The zero-order valence-electron chi connectivity index (χ0n) is 17.2. The minimum atomic E-state index is -3.72. The predicted octanol–water partition coefficient (Wildman–Crippen LogP) is 3.68. The molecule has 2 heterocycles. The van der Waals surface area contributed by atoms with Crippen LogP contribution in [0.15, 0.2) is 78.0 Å². The average Bonchev–Trinajstić information content (AvgIpc) is 3.17. The van der Waals surface area contributed by atoms with E-state index in [1.165, 1.54) is 0 Å². The number of pyridine rings is 1. The van der Waals surface area contributed by atoms with Crippen LogP contribution in [0.5, 0.6) is 0 Å². The summed E-state index contributed by atoms with van der Waals surface area (Å²) in [6.45, 7) is 3.89. The number of fused-ring (bicyclic) bond motifs is 1. The molecule has 7 nitrogen and oxygen atoms in total. The molecule has 0 fully saturated rings. The number of hydrogen-bond donors (Lipinski definition) is 2. The van der Waals surface area contributed by atoms with Gasteiger partial charge in [0.15, 0.2) is 0 Å². The smallest absolute Gasteiger partial charge is 0.262 e. The number of nitrogens with one attached hydrogen (secondary N) is 2. The molecule has 0 unspecified atom stereocenters. The molecule has 0 saturated carbocycles. The molecule has 2 N–H and O–H groups in total. The topological polar surface area (TPSA) is 92.6 Å². The Kier molecular flexibility index (Phi) is 5.48. The van der Waals surface area contributed by atoms with Crippen LogP contribution < -0.4 is 10.0 Å². The molecule has 0 aliphatic heterocycles. The van der Waals surface area contributed by atoms with Crippen molar-refractivity contribution in [2.24, 2.45) is 0 Å². The van der Waals surface area contributed by atoms with Gasteiger partial charge in [0.2, 0.25) is 0 Å². The summed E-state index contributed by atoms with van der Waals surface area (Å²) >= 11 is 0. The average molecular weight is 435 g/mol. The first-order valence-corrected chi connectivity index (χ1v) is 11.2. The number of carbonyl (C=O) groups excluding carboxylic acids is 1. The molecule has 0 saturated heterocycles. The summed E-state index contributed by atoms with van der Waals surface area (Å²) in [5.41, 5.74) is 3.91. The number of aryl methyl sites for hydroxylation is 2.